The highest BCUT2D eigenvalue weighted by Gasteiger charge is 2.49. The van der Waals surface area contributed by atoms with E-state index in [1.807, 2.05) is 20.8 Å². The summed E-state index contributed by atoms with van der Waals surface area (Å²) in [5, 5.41) is 2.89. The fraction of sp³-hybridized carbons (Fsp3) is 0.526. The molecule has 0 spiro atoms. The van der Waals surface area contributed by atoms with Crippen molar-refractivity contribution in [2.45, 2.75) is 56.1 Å². The zero-order chi connectivity index (χ0) is 21.1. The molecule has 10 heteroatoms. The van der Waals surface area contributed by atoms with Crippen molar-refractivity contribution in [3.63, 3.8) is 0 Å². The maximum absolute atomic E-state index is 13.1. The summed E-state index contributed by atoms with van der Waals surface area (Å²) in [6.07, 6.45) is 1.33. The van der Waals surface area contributed by atoms with Gasteiger partial charge in [-0.05, 0) is 51.8 Å². The van der Waals surface area contributed by atoms with Crippen LogP contribution in [0.5, 0.6) is 0 Å². The van der Waals surface area contributed by atoms with Crippen LogP contribution in [0.4, 0.5) is 0 Å². The standard InChI is InChI=1S/C19H23N3O5S2/c1-19(2,3)20-16(23)14-9-28-10-21(14)17(24)11-4-7-13-15(8-11)29(26,27)22(18(13)25)12-5-6-12/h4,7-8,12,14H,5-6,9-10H2,1-3H3,(H,20,23). The molecule has 1 N–H and O–H groups in total. The molecule has 1 saturated heterocycles. The maximum atomic E-state index is 13.1. The van der Waals surface area contributed by atoms with Crippen molar-refractivity contribution in [2.75, 3.05) is 11.6 Å². The Morgan fingerprint density at radius 2 is 1.90 bits per heavy atom. The lowest BCUT2D eigenvalue weighted by Gasteiger charge is -2.27. The number of amides is 3. The molecule has 0 bridgehead atoms. The van der Waals surface area contributed by atoms with Gasteiger partial charge in [-0.2, -0.15) is 0 Å². The summed E-state index contributed by atoms with van der Waals surface area (Å²) >= 11 is 1.47. The molecule has 4 rings (SSSR count). The van der Waals surface area contributed by atoms with E-state index in [2.05, 4.69) is 5.32 Å². The molecule has 1 aromatic rings. The molecule has 1 aliphatic carbocycles. The van der Waals surface area contributed by atoms with Crippen LogP contribution in [-0.4, -0.2) is 64.6 Å². The van der Waals surface area contributed by atoms with Crippen LogP contribution in [0, 0.1) is 0 Å². The number of rotatable bonds is 3. The molecule has 29 heavy (non-hydrogen) atoms. The molecule has 156 valence electrons. The second-order valence-electron chi connectivity index (χ2n) is 8.58. The summed E-state index contributed by atoms with van der Waals surface area (Å²) in [5.41, 5.74) is -0.159. The first-order chi connectivity index (χ1) is 13.5. The zero-order valence-electron chi connectivity index (χ0n) is 16.5. The van der Waals surface area contributed by atoms with Gasteiger partial charge in [-0.25, -0.2) is 12.7 Å². The van der Waals surface area contributed by atoms with E-state index in [1.54, 1.807) is 0 Å². The van der Waals surface area contributed by atoms with Crippen molar-refractivity contribution in [1.82, 2.24) is 14.5 Å². The molecule has 1 atom stereocenters. The number of hydrogen-bond acceptors (Lipinski definition) is 6. The number of benzene rings is 1. The summed E-state index contributed by atoms with van der Waals surface area (Å²) in [6, 6.07) is 3.24. The molecule has 0 aromatic heterocycles. The van der Waals surface area contributed by atoms with Crippen LogP contribution in [-0.2, 0) is 14.8 Å². The number of carbonyl (C=O) groups is 3. The van der Waals surface area contributed by atoms with Gasteiger partial charge in [0.2, 0.25) is 5.91 Å². The first-order valence-electron chi connectivity index (χ1n) is 9.44. The van der Waals surface area contributed by atoms with Crippen molar-refractivity contribution >= 4 is 39.5 Å². The molecule has 1 saturated carbocycles. The summed E-state index contributed by atoms with van der Waals surface area (Å²) < 4.78 is 26.6. The van der Waals surface area contributed by atoms with E-state index in [0.717, 1.165) is 4.31 Å². The quantitative estimate of drug-likeness (QED) is 0.767. The van der Waals surface area contributed by atoms with E-state index < -0.39 is 33.4 Å². The molecule has 3 amide bonds. The number of sulfonamides is 1. The number of thioether (sulfide) groups is 1. The van der Waals surface area contributed by atoms with Crippen molar-refractivity contribution in [1.29, 1.82) is 0 Å². The molecule has 1 aromatic carbocycles. The van der Waals surface area contributed by atoms with Crippen LogP contribution in [0.1, 0.15) is 54.3 Å². The van der Waals surface area contributed by atoms with Crippen LogP contribution in [0.25, 0.3) is 0 Å². The van der Waals surface area contributed by atoms with Gasteiger partial charge in [0.1, 0.15) is 10.9 Å². The molecular weight excluding hydrogens is 414 g/mol. The number of nitrogens with one attached hydrogen (secondary N) is 1. The largest absolute Gasteiger partial charge is 0.350 e. The van der Waals surface area contributed by atoms with E-state index in [0.29, 0.717) is 24.5 Å². The normalized spacial score (nSPS) is 23.3. The Hall–Kier alpha value is -2.07. The highest BCUT2D eigenvalue weighted by atomic mass is 32.2. The second-order valence-corrected chi connectivity index (χ2v) is 11.4. The van der Waals surface area contributed by atoms with Crippen molar-refractivity contribution < 1.29 is 22.8 Å². The Kier molecular flexibility index (Phi) is 4.69. The van der Waals surface area contributed by atoms with Crippen molar-refractivity contribution in [3.8, 4) is 0 Å². The van der Waals surface area contributed by atoms with E-state index in [1.165, 1.54) is 34.9 Å². The van der Waals surface area contributed by atoms with Crippen molar-refractivity contribution in [2.24, 2.45) is 0 Å². The Morgan fingerprint density at radius 3 is 2.52 bits per heavy atom. The van der Waals surface area contributed by atoms with Crippen LogP contribution < -0.4 is 5.32 Å². The molecule has 1 unspecified atom stereocenters. The average molecular weight is 438 g/mol. The van der Waals surface area contributed by atoms with Gasteiger partial charge in [0.15, 0.2) is 0 Å². The average Bonchev–Trinajstić information content (AvgIpc) is 3.27. The zero-order valence-corrected chi connectivity index (χ0v) is 18.1. The highest BCUT2D eigenvalue weighted by molar-refractivity contribution is 7.99. The molecular formula is C19H23N3O5S2. The van der Waals surface area contributed by atoms with Gasteiger partial charge in [-0.1, -0.05) is 0 Å². The van der Waals surface area contributed by atoms with Crippen LogP contribution in [0.15, 0.2) is 23.1 Å². The van der Waals surface area contributed by atoms with E-state index in [4.69, 9.17) is 0 Å². The lowest BCUT2D eigenvalue weighted by Crippen LogP contribution is -2.52. The minimum atomic E-state index is -3.94. The first-order valence-corrected chi connectivity index (χ1v) is 12.0. The molecule has 3 aliphatic rings. The fourth-order valence-corrected chi connectivity index (χ4v) is 6.52. The Morgan fingerprint density at radius 1 is 1.21 bits per heavy atom. The van der Waals surface area contributed by atoms with E-state index in [-0.39, 0.29) is 28.0 Å². The molecule has 0 radical (unpaired) electrons. The third-order valence-corrected chi connectivity index (χ3v) is 7.91. The van der Waals surface area contributed by atoms with E-state index in [9.17, 15) is 22.8 Å². The predicted octanol–water partition coefficient (Wildman–Crippen LogP) is 1.42. The number of carbonyl (C=O) groups excluding carboxylic acids is 3. The fourth-order valence-electron chi connectivity index (χ4n) is 3.53. The first kappa shape index (κ1) is 20.2. The maximum Gasteiger partial charge on any atom is 0.269 e. The van der Waals surface area contributed by atoms with Crippen LogP contribution in [0.2, 0.25) is 0 Å². The highest BCUT2D eigenvalue weighted by Crippen LogP contribution is 2.40. The second kappa shape index (κ2) is 6.73. The lowest BCUT2D eigenvalue weighted by molar-refractivity contribution is -0.125. The third-order valence-electron chi connectivity index (χ3n) is 5.02. The number of hydrogen-bond donors (Lipinski definition) is 1. The van der Waals surface area contributed by atoms with Gasteiger partial charge in [0.05, 0.1) is 11.4 Å². The lowest BCUT2D eigenvalue weighted by atomic mass is 10.1. The number of fused-ring (bicyclic) bond motifs is 1. The van der Waals surface area contributed by atoms with Gasteiger partial charge >= 0.3 is 0 Å². The van der Waals surface area contributed by atoms with Gasteiger partial charge in [0, 0.05) is 22.9 Å². The van der Waals surface area contributed by atoms with E-state index >= 15 is 0 Å². The third kappa shape index (κ3) is 3.52. The Balaban J connectivity index is 1.62. The van der Waals surface area contributed by atoms with Gasteiger partial charge in [-0.3, -0.25) is 14.4 Å². The Labute approximate surface area is 174 Å². The predicted molar refractivity (Wildman–Crippen MR) is 108 cm³/mol. The van der Waals surface area contributed by atoms with Crippen LogP contribution >= 0.6 is 11.8 Å². The topological polar surface area (TPSA) is 104 Å². The number of nitrogens with zero attached hydrogens (tertiary/aromatic N) is 2. The Bertz CT molecular complexity index is 1010. The van der Waals surface area contributed by atoms with Crippen molar-refractivity contribution in [3.05, 3.63) is 29.3 Å². The minimum Gasteiger partial charge on any atom is -0.350 e. The van der Waals surface area contributed by atoms with Gasteiger partial charge in [0.25, 0.3) is 21.8 Å². The van der Waals surface area contributed by atoms with Crippen LogP contribution in [0.3, 0.4) is 0 Å². The molecule has 8 nitrogen and oxygen atoms in total. The summed E-state index contributed by atoms with van der Waals surface area (Å²) in [4.78, 5) is 39.5. The summed E-state index contributed by atoms with van der Waals surface area (Å²) in [5.74, 6) is -0.358. The monoisotopic (exact) mass is 437 g/mol. The summed E-state index contributed by atoms with van der Waals surface area (Å²) in [7, 11) is -3.94. The molecule has 2 fully saturated rings. The minimum absolute atomic E-state index is 0.103. The summed E-state index contributed by atoms with van der Waals surface area (Å²) in [6.45, 7) is 5.60. The smallest absolute Gasteiger partial charge is 0.269 e. The SMILES string of the molecule is CC(C)(C)NC(=O)C1CSCN1C(=O)c1ccc2c(c1)S(=O)(=O)N(C1CC1)C2=O. The molecule has 2 heterocycles. The van der Waals surface area contributed by atoms with Gasteiger partial charge < -0.3 is 10.2 Å². The van der Waals surface area contributed by atoms with Gasteiger partial charge in [-0.15, -0.1) is 11.8 Å². The molecule has 2 aliphatic heterocycles.